The largest absolute Gasteiger partial charge is 0.542 e. The second-order valence-electron chi connectivity index (χ2n) is 7.02. The van der Waals surface area contributed by atoms with Crippen LogP contribution in [0, 0.1) is 0 Å². The lowest BCUT2D eigenvalue weighted by atomic mass is 10.1. The van der Waals surface area contributed by atoms with Crippen LogP contribution in [0.25, 0.3) is 0 Å². The number of carboxylic acid groups (broad SMARTS) is 1. The first-order valence-electron chi connectivity index (χ1n) is 9.36. The van der Waals surface area contributed by atoms with Crippen molar-refractivity contribution in [3.05, 3.63) is 35.4 Å². The third kappa shape index (κ3) is 5.01. The Morgan fingerprint density at radius 3 is 2.67 bits per heavy atom. The van der Waals surface area contributed by atoms with Crippen LogP contribution in [0.2, 0.25) is 0 Å². The molecule has 0 aromatic carbocycles. The van der Waals surface area contributed by atoms with E-state index in [9.17, 15) is 9.90 Å². The minimum absolute atomic E-state index is 0.153. The van der Waals surface area contributed by atoms with Gasteiger partial charge in [0, 0.05) is 11.8 Å². The molecule has 1 fully saturated rings. The normalized spacial score (nSPS) is 15.5. The van der Waals surface area contributed by atoms with E-state index in [2.05, 4.69) is 36.7 Å². The Kier molecular flexibility index (Phi) is 6.38. The van der Waals surface area contributed by atoms with Gasteiger partial charge in [-0.1, -0.05) is 25.6 Å². The zero-order chi connectivity index (χ0) is 19.4. The van der Waals surface area contributed by atoms with Gasteiger partial charge in [0.2, 0.25) is 0 Å². The molecule has 1 aliphatic rings. The summed E-state index contributed by atoms with van der Waals surface area (Å²) in [7, 11) is 0. The van der Waals surface area contributed by atoms with Gasteiger partial charge in [-0.2, -0.15) is 0 Å². The number of likely N-dealkylation sites (N-methyl/N-ethyl adjacent to an activating group) is 1. The van der Waals surface area contributed by atoms with E-state index >= 15 is 0 Å². The maximum absolute atomic E-state index is 10.8. The van der Waals surface area contributed by atoms with Crippen molar-refractivity contribution in [2.75, 3.05) is 37.6 Å². The highest BCUT2D eigenvalue weighted by molar-refractivity contribution is 7.98. The Balaban J connectivity index is 1.74. The topological polar surface area (TPSA) is 86.7 Å². The Hall–Kier alpha value is -2.06. The summed E-state index contributed by atoms with van der Waals surface area (Å²) in [5.74, 6) is 0.865. The Bertz CT molecular complexity index is 785. The summed E-state index contributed by atoms with van der Waals surface area (Å²) in [6.45, 7) is 11.9. The molecule has 8 heteroatoms. The number of thioether (sulfide) groups is 1. The number of rotatable bonds is 7. The number of carbonyl (C=O) groups excluding carboxylic acids is 1. The molecule has 0 atom stereocenters. The average molecular weight is 391 g/mol. The van der Waals surface area contributed by atoms with Gasteiger partial charge in [0.05, 0.1) is 38.5 Å². The molecule has 1 aliphatic heterocycles. The van der Waals surface area contributed by atoms with Crippen LogP contribution in [0.1, 0.15) is 48.7 Å². The monoisotopic (exact) mass is 390 g/mol. The second kappa shape index (κ2) is 8.75. The molecule has 0 unspecified atom stereocenters. The summed E-state index contributed by atoms with van der Waals surface area (Å²) in [5.41, 5.74) is 1.02. The molecule has 3 heterocycles. The molecule has 0 radical (unpaired) electrons. The number of aromatic carboxylic acids is 1. The summed E-state index contributed by atoms with van der Waals surface area (Å²) in [5, 5.41) is 11.5. The maximum Gasteiger partial charge on any atom is 0.190 e. The molecule has 1 N–H and O–H groups in total. The standard InChI is InChI=1S/C19H26N4O3S/c1-4-22-7-9-23(10-8-22)17-11-15(13(2)3)20-19(21-17)27-12-14-5-6-16(26-14)18(24)25/h5-6,11,13H,4,7-10,12H2,1-3H3,(H,24,25). The number of hydrogen-bond acceptors (Lipinski definition) is 7. The Morgan fingerprint density at radius 1 is 1.33 bits per heavy atom. The van der Waals surface area contributed by atoms with Crippen molar-refractivity contribution in [2.45, 2.75) is 37.6 Å². The zero-order valence-corrected chi connectivity index (χ0v) is 16.8. The first-order valence-corrected chi connectivity index (χ1v) is 10.3. The lowest BCUT2D eigenvalue weighted by Gasteiger charge is -2.32. The van der Waals surface area contributed by atoms with Crippen molar-refractivity contribution in [1.82, 2.24) is 9.97 Å². The number of carbonyl (C=O) groups is 1. The molecule has 0 aliphatic carbocycles. The van der Waals surface area contributed by atoms with Crippen LogP contribution in [-0.2, 0) is 5.75 Å². The van der Waals surface area contributed by atoms with Crippen molar-refractivity contribution >= 4 is 23.5 Å². The van der Waals surface area contributed by atoms with Gasteiger partial charge < -0.3 is 24.1 Å². The molecule has 7 nitrogen and oxygen atoms in total. The van der Waals surface area contributed by atoms with Crippen LogP contribution < -0.4 is 14.9 Å². The smallest absolute Gasteiger partial charge is 0.190 e. The number of aromatic nitrogens is 2. The molecular weight excluding hydrogens is 364 g/mol. The van der Waals surface area contributed by atoms with Crippen molar-refractivity contribution in [2.24, 2.45) is 0 Å². The highest BCUT2D eigenvalue weighted by atomic mass is 32.2. The quantitative estimate of drug-likeness (QED) is 0.546. The van der Waals surface area contributed by atoms with E-state index in [4.69, 9.17) is 9.40 Å². The number of carboxylic acids is 1. The summed E-state index contributed by atoms with van der Waals surface area (Å²) in [4.78, 5) is 24.2. The van der Waals surface area contributed by atoms with Gasteiger partial charge in [0.25, 0.3) is 0 Å². The number of anilines is 1. The van der Waals surface area contributed by atoms with Crippen molar-refractivity contribution in [3.63, 3.8) is 0 Å². The van der Waals surface area contributed by atoms with Gasteiger partial charge in [0.15, 0.2) is 5.16 Å². The van der Waals surface area contributed by atoms with Crippen molar-refractivity contribution in [1.29, 1.82) is 0 Å². The van der Waals surface area contributed by atoms with Gasteiger partial charge in [-0.15, -0.1) is 0 Å². The fourth-order valence-corrected chi connectivity index (χ4v) is 3.81. The molecular formula is C19H26N4O3S. The molecule has 0 bridgehead atoms. The molecule has 0 saturated carbocycles. The molecule has 3 rings (SSSR count). The van der Waals surface area contributed by atoms with E-state index in [0.717, 1.165) is 44.2 Å². The molecule has 0 amide bonds. The Morgan fingerprint density at radius 2 is 2.07 bits per heavy atom. The van der Waals surface area contributed by atoms with Gasteiger partial charge in [-0.05, 0) is 25.0 Å². The average Bonchev–Trinajstić information content (AvgIpc) is 3.15. The molecule has 2 aromatic heterocycles. The molecule has 2 aromatic rings. The lowest BCUT2D eigenvalue weighted by molar-refractivity contribution is -0.898. The third-order valence-electron chi connectivity index (χ3n) is 4.80. The fourth-order valence-electron chi connectivity index (χ4n) is 3.06. The van der Waals surface area contributed by atoms with Crippen LogP contribution in [-0.4, -0.2) is 48.7 Å². The van der Waals surface area contributed by atoms with Crippen molar-refractivity contribution in [3.8, 4) is 0 Å². The van der Waals surface area contributed by atoms with Crippen LogP contribution in [0.15, 0.2) is 27.8 Å². The summed E-state index contributed by atoms with van der Waals surface area (Å²) in [6, 6.07) is 5.16. The highest BCUT2D eigenvalue weighted by Gasteiger charge is 2.21. The van der Waals surface area contributed by atoms with Crippen LogP contribution >= 0.6 is 11.8 Å². The van der Waals surface area contributed by atoms with E-state index in [1.54, 1.807) is 11.0 Å². The third-order valence-corrected chi connectivity index (χ3v) is 5.67. The first-order chi connectivity index (χ1) is 13.0. The molecule has 0 spiro atoms. The van der Waals surface area contributed by atoms with Crippen LogP contribution in [0.4, 0.5) is 5.82 Å². The van der Waals surface area contributed by atoms with Gasteiger partial charge >= 0.3 is 0 Å². The van der Waals surface area contributed by atoms with E-state index in [-0.39, 0.29) is 5.76 Å². The first kappa shape index (κ1) is 19.7. The number of hydrogen-bond donors (Lipinski definition) is 1. The van der Waals surface area contributed by atoms with Crippen molar-refractivity contribution < 1.29 is 19.2 Å². The number of quaternary nitrogens is 1. The lowest BCUT2D eigenvalue weighted by Crippen LogP contribution is -3.14. The molecule has 146 valence electrons. The SMILES string of the molecule is CC[NH+]1CCN(c2cc(C(C)C)nc(SCc3ccc(C(=O)[O-])o3)n2)CC1. The maximum atomic E-state index is 10.8. The number of piperazine rings is 1. The number of nitrogens with zero attached hydrogens (tertiary/aromatic N) is 3. The molecule has 27 heavy (non-hydrogen) atoms. The minimum Gasteiger partial charge on any atom is -0.542 e. The number of furan rings is 1. The number of nitrogens with one attached hydrogen (secondary N) is 1. The minimum atomic E-state index is -1.31. The van der Waals surface area contributed by atoms with E-state index in [1.165, 1.54) is 17.8 Å². The Labute approximate surface area is 163 Å². The van der Waals surface area contributed by atoms with Gasteiger partial charge in [-0.3, -0.25) is 0 Å². The predicted molar refractivity (Wildman–Crippen MR) is 102 cm³/mol. The van der Waals surface area contributed by atoms with Gasteiger partial charge in [-0.25, -0.2) is 9.97 Å². The zero-order valence-electron chi connectivity index (χ0n) is 16.0. The highest BCUT2D eigenvalue weighted by Crippen LogP contribution is 2.26. The molecule has 1 saturated heterocycles. The summed E-state index contributed by atoms with van der Waals surface area (Å²) in [6.07, 6.45) is 0. The predicted octanol–water partition coefficient (Wildman–Crippen LogP) is 0.574. The van der Waals surface area contributed by atoms with E-state index in [0.29, 0.717) is 22.6 Å². The van der Waals surface area contributed by atoms with E-state index < -0.39 is 5.97 Å². The van der Waals surface area contributed by atoms with Gasteiger partial charge in [0.1, 0.15) is 23.3 Å². The van der Waals surface area contributed by atoms with E-state index in [1.807, 2.05) is 0 Å². The summed E-state index contributed by atoms with van der Waals surface area (Å²) < 4.78 is 5.26. The summed E-state index contributed by atoms with van der Waals surface area (Å²) >= 11 is 1.45. The fraction of sp³-hybridized carbons (Fsp3) is 0.526. The van der Waals surface area contributed by atoms with Crippen LogP contribution in [0.5, 0.6) is 0 Å². The second-order valence-corrected chi connectivity index (χ2v) is 7.96. The van der Waals surface area contributed by atoms with Crippen LogP contribution in [0.3, 0.4) is 0 Å².